The molecule has 0 bridgehead atoms. The molecule has 0 aromatic carbocycles. The Kier molecular flexibility index (Phi) is 9.00. The predicted molar refractivity (Wildman–Crippen MR) is 208 cm³/mol. The van der Waals surface area contributed by atoms with E-state index >= 15 is 0 Å². The maximum atomic E-state index is 3.07. The molecule has 2 nitrogen and oxygen atoms in total. The first-order valence-corrected chi connectivity index (χ1v) is 21.9. The molecule has 2 heterocycles. The average molecular weight is 669 g/mol. The van der Waals surface area contributed by atoms with E-state index in [1.807, 2.05) is 0 Å². The minimum absolute atomic E-state index is 0.596. The van der Waals surface area contributed by atoms with Gasteiger partial charge in [0.1, 0.15) is 0 Å². The molecule has 0 aromatic rings. The van der Waals surface area contributed by atoms with Crippen LogP contribution in [0.5, 0.6) is 0 Å². The molecule has 0 amide bonds. The van der Waals surface area contributed by atoms with Gasteiger partial charge >= 0.3 is 0 Å². The first-order valence-electron chi connectivity index (χ1n) is 21.9. The highest BCUT2D eigenvalue weighted by Crippen LogP contribution is 2.54. The van der Waals surface area contributed by atoms with E-state index in [0.29, 0.717) is 41.7 Å². The van der Waals surface area contributed by atoms with Crippen LogP contribution < -0.4 is 0 Å². The standard InChI is InChI=1S/C48H64N2/c1-4-13-33(14-5-1)35-17-12-20-40(29-35)50-47-26-23-36(34-15-6-2-7-16-34)30-43(47)44-32-38(25-28-48(44)50)37-24-27-46-42(31-37)41-21-10-11-22-45(41)49(46)39-18-8-3-9-19-39/h4,6,10-11,13,15,21-22,28,30-35,38-43,45-47H,1-3,5,7-9,12,14,16-20,23-27,29H2. The minimum Gasteiger partial charge on any atom is -0.365 e. The monoisotopic (exact) mass is 669 g/mol. The van der Waals surface area contributed by atoms with Crippen molar-refractivity contribution in [1.29, 1.82) is 0 Å². The van der Waals surface area contributed by atoms with Gasteiger partial charge in [0, 0.05) is 59.6 Å². The first-order chi connectivity index (χ1) is 24.8. The lowest BCUT2D eigenvalue weighted by atomic mass is 9.73. The van der Waals surface area contributed by atoms with Gasteiger partial charge in [-0.15, -0.1) is 0 Å². The third kappa shape index (κ3) is 5.77. The van der Waals surface area contributed by atoms with Crippen LogP contribution in [0.3, 0.4) is 0 Å². The Labute approximate surface area is 304 Å². The van der Waals surface area contributed by atoms with Gasteiger partial charge in [-0.1, -0.05) is 110 Å². The van der Waals surface area contributed by atoms with Crippen LogP contribution in [0.4, 0.5) is 0 Å². The van der Waals surface area contributed by atoms with E-state index in [2.05, 4.69) is 82.7 Å². The molecule has 11 unspecified atom stereocenters. The molecule has 2 heteroatoms. The van der Waals surface area contributed by atoms with Gasteiger partial charge in [0.15, 0.2) is 0 Å². The second-order valence-electron chi connectivity index (χ2n) is 18.4. The van der Waals surface area contributed by atoms with Gasteiger partial charge in [-0.2, -0.15) is 0 Å². The van der Waals surface area contributed by atoms with Crippen molar-refractivity contribution < 1.29 is 0 Å². The van der Waals surface area contributed by atoms with Gasteiger partial charge in [0.25, 0.3) is 0 Å². The molecule has 8 aliphatic carbocycles. The normalized spacial score (nSPS) is 43.0. The Bertz CT molecular complexity index is 1520. The molecule has 0 spiro atoms. The molecule has 11 atom stereocenters. The van der Waals surface area contributed by atoms with E-state index < -0.39 is 0 Å². The highest BCUT2D eigenvalue weighted by Gasteiger charge is 2.51. The summed E-state index contributed by atoms with van der Waals surface area (Å²) in [5.41, 5.74) is 6.97. The van der Waals surface area contributed by atoms with Crippen molar-refractivity contribution in [2.45, 2.75) is 159 Å². The van der Waals surface area contributed by atoms with E-state index in [4.69, 9.17) is 0 Å². The Hall–Kier alpha value is -2.32. The topological polar surface area (TPSA) is 6.48 Å². The summed E-state index contributed by atoms with van der Waals surface area (Å²) in [4.78, 5) is 6.12. The van der Waals surface area contributed by atoms with Crippen LogP contribution in [0.1, 0.15) is 128 Å². The molecule has 50 heavy (non-hydrogen) atoms. The summed E-state index contributed by atoms with van der Waals surface area (Å²) in [5.74, 6) is 4.97. The van der Waals surface area contributed by atoms with Crippen molar-refractivity contribution in [1.82, 2.24) is 9.80 Å². The number of rotatable bonds is 5. The van der Waals surface area contributed by atoms with E-state index in [1.165, 1.54) is 128 Å². The van der Waals surface area contributed by atoms with Gasteiger partial charge in [0.2, 0.25) is 0 Å². The molecule has 2 saturated heterocycles. The maximum Gasteiger partial charge on any atom is 0.0400 e. The highest BCUT2D eigenvalue weighted by atomic mass is 15.3. The van der Waals surface area contributed by atoms with Crippen LogP contribution in [-0.4, -0.2) is 40.0 Å². The maximum absolute atomic E-state index is 3.07. The molecule has 0 aromatic heterocycles. The summed E-state index contributed by atoms with van der Waals surface area (Å²) in [5, 5.41) is 0. The summed E-state index contributed by atoms with van der Waals surface area (Å²) in [6.45, 7) is 0. The zero-order valence-corrected chi connectivity index (χ0v) is 30.9. The summed E-state index contributed by atoms with van der Waals surface area (Å²) >= 11 is 0. The third-order valence-corrected chi connectivity index (χ3v) is 15.9. The molecule has 2 aliphatic heterocycles. The first kappa shape index (κ1) is 32.3. The lowest BCUT2D eigenvalue weighted by Crippen LogP contribution is -2.46. The van der Waals surface area contributed by atoms with Crippen molar-refractivity contribution in [2.24, 2.45) is 41.4 Å². The summed E-state index contributed by atoms with van der Waals surface area (Å²) in [6, 6.07) is 3.58. The number of likely N-dealkylation sites (tertiary alicyclic amines) is 2. The van der Waals surface area contributed by atoms with E-state index in [1.54, 1.807) is 22.4 Å². The molecule has 266 valence electrons. The van der Waals surface area contributed by atoms with Crippen LogP contribution in [0.15, 0.2) is 95.3 Å². The fourth-order valence-corrected chi connectivity index (χ4v) is 13.6. The van der Waals surface area contributed by atoms with Crippen molar-refractivity contribution >= 4 is 0 Å². The van der Waals surface area contributed by atoms with E-state index in [9.17, 15) is 0 Å². The minimum atomic E-state index is 0.596. The Morgan fingerprint density at radius 1 is 0.580 bits per heavy atom. The number of fused-ring (bicyclic) bond motifs is 6. The summed E-state index contributed by atoms with van der Waals surface area (Å²) < 4.78 is 0. The number of nitrogens with zero attached hydrogens (tertiary/aromatic N) is 2. The quantitative estimate of drug-likeness (QED) is 0.269. The van der Waals surface area contributed by atoms with Crippen LogP contribution in [0.2, 0.25) is 0 Å². The van der Waals surface area contributed by atoms with Crippen LogP contribution >= 0.6 is 0 Å². The molecule has 0 N–H and O–H groups in total. The average Bonchev–Trinajstić information content (AvgIpc) is 3.71. The predicted octanol–water partition coefficient (Wildman–Crippen LogP) is 11.6. The van der Waals surface area contributed by atoms with Crippen molar-refractivity contribution in [3.8, 4) is 0 Å². The SMILES string of the molecule is C1=CC2C3C=C(C4C=C5C(=CC4)N(C4CCCC(C6C=CCCC6)C4)C4CCC(C6C=CCCC6)=CC54)CCC3N(C3CCCCC3)C2C=C1. The van der Waals surface area contributed by atoms with Crippen molar-refractivity contribution in [2.75, 3.05) is 0 Å². The Morgan fingerprint density at radius 3 is 2.22 bits per heavy atom. The Balaban J connectivity index is 0.955. The lowest BCUT2D eigenvalue weighted by Gasteiger charge is -2.44. The van der Waals surface area contributed by atoms with Gasteiger partial charge in [-0.3, -0.25) is 4.90 Å². The van der Waals surface area contributed by atoms with Crippen LogP contribution in [-0.2, 0) is 0 Å². The van der Waals surface area contributed by atoms with Gasteiger partial charge < -0.3 is 4.90 Å². The number of allylic oxidation sites excluding steroid dienone is 11. The largest absolute Gasteiger partial charge is 0.365 e. The molecule has 4 fully saturated rings. The number of hydrogen-bond donors (Lipinski definition) is 0. The van der Waals surface area contributed by atoms with Gasteiger partial charge in [0.05, 0.1) is 0 Å². The second kappa shape index (κ2) is 13.9. The van der Waals surface area contributed by atoms with E-state index in [-0.39, 0.29) is 0 Å². The van der Waals surface area contributed by atoms with Crippen LogP contribution in [0, 0.1) is 41.4 Å². The van der Waals surface area contributed by atoms with Crippen molar-refractivity contribution in [3.63, 3.8) is 0 Å². The van der Waals surface area contributed by atoms with Gasteiger partial charge in [-0.25, -0.2) is 0 Å². The fraction of sp³-hybridized carbons (Fsp3) is 0.667. The molecule has 2 saturated carbocycles. The Morgan fingerprint density at radius 2 is 1.38 bits per heavy atom. The van der Waals surface area contributed by atoms with E-state index in [0.717, 1.165) is 30.0 Å². The molecule has 10 aliphatic rings. The highest BCUT2D eigenvalue weighted by molar-refractivity contribution is 5.48. The number of hydrogen-bond acceptors (Lipinski definition) is 2. The fourth-order valence-electron chi connectivity index (χ4n) is 13.6. The molecular formula is C48H64N2. The summed E-state index contributed by atoms with van der Waals surface area (Å²) in [6.07, 6.45) is 59.0. The molecular weight excluding hydrogens is 605 g/mol. The van der Waals surface area contributed by atoms with Gasteiger partial charge in [-0.05, 0) is 126 Å². The molecule has 10 rings (SSSR count). The zero-order chi connectivity index (χ0) is 33.0. The second-order valence-corrected chi connectivity index (χ2v) is 18.4. The summed E-state index contributed by atoms with van der Waals surface area (Å²) in [7, 11) is 0. The third-order valence-electron chi connectivity index (χ3n) is 15.9. The zero-order valence-electron chi connectivity index (χ0n) is 30.9. The van der Waals surface area contributed by atoms with Crippen LogP contribution in [0.25, 0.3) is 0 Å². The smallest absolute Gasteiger partial charge is 0.0400 e. The lowest BCUT2D eigenvalue weighted by molar-refractivity contribution is 0.101. The molecule has 0 radical (unpaired) electrons. The van der Waals surface area contributed by atoms with Crippen molar-refractivity contribution in [3.05, 3.63) is 95.3 Å².